The smallest absolute Gasteiger partial charge is 0.345 e. The van der Waals surface area contributed by atoms with Crippen LogP contribution in [0.1, 0.15) is 18.1 Å². The van der Waals surface area contributed by atoms with Crippen LogP contribution in [-0.2, 0) is 10.2 Å². The maximum atomic E-state index is 13.8. The summed E-state index contributed by atoms with van der Waals surface area (Å²) in [5.41, 5.74) is 5.02. The van der Waals surface area contributed by atoms with Crippen molar-refractivity contribution in [1.82, 2.24) is 0 Å². The van der Waals surface area contributed by atoms with Crippen LogP contribution in [0.15, 0.2) is 69.2 Å². The van der Waals surface area contributed by atoms with Gasteiger partial charge in [-0.25, -0.2) is 4.79 Å². The molecule has 142 valence electrons. The first kappa shape index (κ1) is 17.1. The molecule has 2 aliphatic heterocycles. The number of anilines is 1. The highest BCUT2D eigenvalue weighted by Crippen LogP contribution is 2.55. The van der Waals surface area contributed by atoms with Crippen LogP contribution in [0, 0.1) is 11.3 Å². The maximum absolute atomic E-state index is 13.8. The number of carbonyl (C=O) groups excluding carboxylic acids is 1. The van der Waals surface area contributed by atoms with E-state index in [1.165, 1.54) is 0 Å². The van der Waals surface area contributed by atoms with Crippen LogP contribution in [0.3, 0.4) is 0 Å². The number of rotatable bonds is 1. The van der Waals surface area contributed by atoms with E-state index in [1.54, 1.807) is 53.4 Å². The summed E-state index contributed by atoms with van der Waals surface area (Å²) < 4.78 is 11.3. The second kappa shape index (κ2) is 5.72. The summed E-state index contributed by atoms with van der Waals surface area (Å²) >= 11 is 0. The molecule has 0 aliphatic carbocycles. The standard InChI is InChI=1S/C22H15N3O4/c1-2-25-15-9-5-4-8-13(15)22(21(25)27)14(11-23)19(24)29-18-12-7-3-6-10-16(12)28-20(26)17(18)22/h3-10H,2,24H2,1H3. The Morgan fingerprint density at radius 2 is 1.86 bits per heavy atom. The molecule has 2 aromatic carbocycles. The summed E-state index contributed by atoms with van der Waals surface area (Å²) in [6, 6.07) is 15.9. The van der Waals surface area contributed by atoms with Gasteiger partial charge in [0.05, 0.1) is 5.39 Å². The van der Waals surface area contributed by atoms with Crippen molar-refractivity contribution in [2.45, 2.75) is 12.3 Å². The van der Waals surface area contributed by atoms with Crippen LogP contribution in [-0.4, -0.2) is 12.5 Å². The molecule has 7 heteroatoms. The number of likely N-dealkylation sites (N-methyl/N-ethyl adjacent to an activating group) is 1. The first-order valence-corrected chi connectivity index (χ1v) is 9.11. The molecule has 2 N–H and O–H groups in total. The van der Waals surface area contributed by atoms with Crippen molar-refractivity contribution in [3.63, 3.8) is 0 Å². The van der Waals surface area contributed by atoms with Gasteiger partial charge >= 0.3 is 5.63 Å². The summed E-state index contributed by atoms with van der Waals surface area (Å²) in [6.45, 7) is 2.20. The predicted molar refractivity (Wildman–Crippen MR) is 105 cm³/mol. The van der Waals surface area contributed by atoms with Gasteiger partial charge in [0, 0.05) is 17.8 Å². The van der Waals surface area contributed by atoms with Crippen molar-refractivity contribution in [3.05, 3.63) is 81.5 Å². The van der Waals surface area contributed by atoms with Gasteiger partial charge in [0.2, 0.25) is 11.8 Å². The molecule has 2 aliphatic rings. The molecule has 1 aromatic heterocycles. The first-order chi connectivity index (χ1) is 14.1. The largest absolute Gasteiger partial charge is 0.439 e. The number of hydrogen-bond acceptors (Lipinski definition) is 6. The van der Waals surface area contributed by atoms with Crippen LogP contribution in [0.4, 0.5) is 5.69 Å². The van der Waals surface area contributed by atoms with Gasteiger partial charge in [0.1, 0.15) is 22.8 Å². The number of hydrogen-bond donors (Lipinski definition) is 1. The van der Waals surface area contributed by atoms with Gasteiger partial charge in [-0.15, -0.1) is 0 Å². The fourth-order valence-corrected chi connectivity index (χ4v) is 4.41. The van der Waals surface area contributed by atoms with Crippen molar-refractivity contribution in [1.29, 1.82) is 5.26 Å². The number of fused-ring (bicyclic) bond motifs is 6. The minimum Gasteiger partial charge on any atom is -0.439 e. The molecule has 0 bridgehead atoms. The van der Waals surface area contributed by atoms with E-state index < -0.39 is 16.9 Å². The number of benzene rings is 2. The number of nitriles is 1. The van der Waals surface area contributed by atoms with Gasteiger partial charge in [-0.3, -0.25) is 4.79 Å². The third-order valence-electron chi connectivity index (χ3n) is 5.57. The van der Waals surface area contributed by atoms with E-state index in [2.05, 4.69) is 0 Å². The average Bonchev–Trinajstić information content (AvgIpc) is 2.96. The quantitative estimate of drug-likeness (QED) is 0.645. The lowest BCUT2D eigenvalue weighted by molar-refractivity contribution is -0.121. The van der Waals surface area contributed by atoms with Gasteiger partial charge in [-0.05, 0) is 25.1 Å². The number of carbonyl (C=O) groups is 1. The second-order valence-corrected chi connectivity index (χ2v) is 6.86. The summed E-state index contributed by atoms with van der Waals surface area (Å²) in [7, 11) is 0. The Morgan fingerprint density at radius 1 is 1.14 bits per heavy atom. The van der Waals surface area contributed by atoms with Gasteiger partial charge in [0.25, 0.3) is 0 Å². The van der Waals surface area contributed by atoms with Crippen molar-refractivity contribution in [3.8, 4) is 11.8 Å². The average molecular weight is 385 g/mol. The SMILES string of the molecule is CCN1C(=O)C2(C(C#N)=C(N)Oc3c2c(=O)oc2ccccc32)c2ccccc21. The fourth-order valence-electron chi connectivity index (χ4n) is 4.41. The Bertz CT molecular complexity index is 1350. The van der Waals surface area contributed by atoms with Crippen molar-refractivity contribution in [2.24, 2.45) is 5.73 Å². The molecule has 1 amide bonds. The number of nitrogens with two attached hydrogens (primary N) is 1. The van der Waals surface area contributed by atoms with Gasteiger partial charge in [-0.2, -0.15) is 5.26 Å². The zero-order valence-electron chi connectivity index (χ0n) is 15.4. The molecule has 29 heavy (non-hydrogen) atoms. The molecular formula is C22H15N3O4. The molecule has 1 unspecified atom stereocenters. The van der Waals surface area contributed by atoms with Gasteiger partial charge in [0.15, 0.2) is 11.2 Å². The van der Waals surface area contributed by atoms with E-state index in [0.717, 1.165) is 0 Å². The molecule has 1 spiro atoms. The highest BCUT2D eigenvalue weighted by Gasteiger charge is 2.60. The molecule has 3 heterocycles. The molecular weight excluding hydrogens is 370 g/mol. The fraction of sp³-hybridized carbons (Fsp3) is 0.136. The second-order valence-electron chi connectivity index (χ2n) is 6.86. The maximum Gasteiger partial charge on any atom is 0.345 e. The van der Waals surface area contributed by atoms with Crippen LogP contribution >= 0.6 is 0 Å². The highest BCUT2D eigenvalue weighted by atomic mass is 16.5. The first-order valence-electron chi connectivity index (χ1n) is 9.11. The lowest BCUT2D eigenvalue weighted by Crippen LogP contribution is -2.48. The van der Waals surface area contributed by atoms with E-state index >= 15 is 0 Å². The Hall–Kier alpha value is -4.05. The van der Waals surface area contributed by atoms with Crippen LogP contribution in [0.5, 0.6) is 5.75 Å². The molecule has 0 fully saturated rings. The lowest BCUT2D eigenvalue weighted by atomic mass is 9.69. The van der Waals surface area contributed by atoms with Crippen LogP contribution in [0.2, 0.25) is 0 Å². The summed E-state index contributed by atoms with van der Waals surface area (Å²) in [4.78, 5) is 28.5. The van der Waals surface area contributed by atoms with Crippen molar-refractivity contribution >= 4 is 22.6 Å². The third kappa shape index (κ3) is 1.90. The minimum atomic E-state index is -1.70. The Morgan fingerprint density at radius 3 is 2.62 bits per heavy atom. The molecule has 7 nitrogen and oxygen atoms in total. The summed E-state index contributed by atoms with van der Waals surface area (Å²) in [6.07, 6.45) is 0. The van der Waals surface area contributed by atoms with Crippen molar-refractivity contribution in [2.75, 3.05) is 11.4 Å². The molecule has 3 aromatic rings. The zero-order valence-corrected chi connectivity index (χ0v) is 15.4. The normalized spacial score (nSPS) is 19.9. The Labute approximate surface area is 165 Å². The molecule has 5 rings (SSSR count). The number of amides is 1. The van der Waals surface area contributed by atoms with Crippen LogP contribution in [0.25, 0.3) is 11.0 Å². The van der Waals surface area contributed by atoms with Crippen LogP contribution < -0.4 is 21.0 Å². The monoisotopic (exact) mass is 385 g/mol. The summed E-state index contributed by atoms with van der Waals surface area (Å²) in [5, 5.41) is 10.4. The highest BCUT2D eigenvalue weighted by molar-refractivity contribution is 6.14. The third-order valence-corrected chi connectivity index (χ3v) is 5.57. The van der Waals surface area contributed by atoms with E-state index in [0.29, 0.717) is 28.8 Å². The topological polar surface area (TPSA) is 110 Å². The van der Waals surface area contributed by atoms with E-state index in [9.17, 15) is 14.9 Å². The van der Waals surface area contributed by atoms with E-state index in [-0.39, 0.29) is 22.8 Å². The molecule has 0 radical (unpaired) electrons. The van der Waals surface area contributed by atoms with E-state index in [1.807, 2.05) is 13.0 Å². The minimum absolute atomic E-state index is 0.0182. The number of nitrogens with zero attached hydrogens (tertiary/aromatic N) is 2. The number of para-hydroxylation sites is 2. The Balaban J connectivity index is 2.02. The Kier molecular flexibility index (Phi) is 3.37. The predicted octanol–water partition coefficient (Wildman–Crippen LogP) is 2.53. The zero-order chi connectivity index (χ0) is 20.3. The van der Waals surface area contributed by atoms with E-state index in [4.69, 9.17) is 14.9 Å². The lowest BCUT2D eigenvalue weighted by Gasteiger charge is -2.33. The summed E-state index contributed by atoms with van der Waals surface area (Å²) in [5.74, 6) is -0.473. The number of ether oxygens (including phenoxy) is 1. The van der Waals surface area contributed by atoms with Crippen molar-refractivity contribution < 1.29 is 13.9 Å². The van der Waals surface area contributed by atoms with Gasteiger partial charge in [-0.1, -0.05) is 30.3 Å². The molecule has 0 saturated carbocycles. The molecule has 1 atom stereocenters. The molecule has 0 saturated heterocycles. The van der Waals surface area contributed by atoms with Gasteiger partial charge < -0.3 is 19.8 Å².